The monoisotopic (exact) mass is 381 g/mol. The Morgan fingerprint density at radius 3 is 2.61 bits per heavy atom. The van der Waals surface area contributed by atoms with Crippen molar-refractivity contribution >= 4 is 5.91 Å². The summed E-state index contributed by atoms with van der Waals surface area (Å²) < 4.78 is 16.4. The average molecular weight is 381 g/mol. The number of allylic oxidation sites excluding steroid dienone is 1. The number of rotatable bonds is 8. The van der Waals surface area contributed by atoms with Gasteiger partial charge in [0.05, 0.1) is 20.3 Å². The largest absolute Gasteiger partial charge is 0.497 e. The van der Waals surface area contributed by atoms with E-state index in [1.165, 1.54) is 0 Å². The Labute approximate surface area is 166 Å². The van der Waals surface area contributed by atoms with Crippen LogP contribution in [0.5, 0.6) is 17.2 Å². The molecule has 0 bridgehead atoms. The molecule has 1 amide bonds. The summed E-state index contributed by atoms with van der Waals surface area (Å²) in [5, 5.41) is 0. The van der Waals surface area contributed by atoms with E-state index >= 15 is 0 Å². The van der Waals surface area contributed by atoms with Crippen molar-refractivity contribution in [1.82, 2.24) is 4.90 Å². The van der Waals surface area contributed by atoms with Crippen LogP contribution in [0.15, 0.2) is 55.1 Å². The normalized spacial score (nSPS) is 15.9. The molecule has 3 rings (SSSR count). The van der Waals surface area contributed by atoms with Gasteiger partial charge in [-0.2, -0.15) is 0 Å². The molecule has 5 heteroatoms. The molecule has 2 aromatic rings. The molecule has 0 aliphatic carbocycles. The Bertz CT molecular complexity index is 816. The summed E-state index contributed by atoms with van der Waals surface area (Å²) in [4.78, 5) is 14.7. The average Bonchev–Trinajstić information content (AvgIpc) is 3.22. The third kappa shape index (κ3) is 4.47. The molecule has 1 heterocycles. The molecule has 148 valence electrons. The van der Waals surface area contributed by atoms with Crippen LogP contribution in [0, 0.1) is 0 Å². The van der Waals surface area contributed by atoms with Gasteiger partial charge in [-0.3, -0.25) is 4.79 Å². The Hall–Kier alpha value is -2.95. The summed E-state index contributed by atoms with van der Waals surface area (Å²) in [5.74, 6) is 2.00. The zero-order valence-electron chi connectivity index (χ0n) is 16.5. The van der Waals surface area contributed by atoms with Gasteiger partial charge >= 0.3 is 0 Å². The molecule has 2 aromatic carbocycles. The molecule has 0 saturated carbocycles. The lowest BCUT2D eigenvalue weighted by Crippen LogP contribution is -2.34. The number of carbonyl (C=O) groups excluding carboxylic acids is 1. The standard InChI is InChI=1S/C23H27NO4/c1-4-6-17-8-13-21(22(15-17)27-3)28-16-23(25)24-14-5-7-20(24)18-9-11-19(26-2)12-10-18/h4,8-13,15,20H,1,5-7,14,16H2,2-3H3. The number of hydrogen-bond acceptors (Lipinski definition) is 4. The first kappa shape index (κ1) is 19.8. The molecule has 0 aromatic heterocycles. The highest BCUT2D eigenvalue weighted by molar-refractivity contribution is 5.78. The lowest BCUT2D eigenvalue weighted by molar-refractivity contribution is -0.134. The van der Waals surface area contributed by atoms with E-state index in [1.54, 1.807) is 14.2 Å². The highest BCUT2D eigenvalue weighted by Crippen LogP contribution is 2.33. The number of hydrogen-bond donors (Lipinski definition) is 0. The van der Waals surface area contributed by atoms with Crippen LogP contribution in [0.1, 0.15) is 30.0 Å². The Kier molecular flexibility index (Phi) is 6.58. The third-order valence-electron chi connectivity index (χ3n) is 5.03. The van der Waals surface area contributed by atoms with Crippen molar-refractivity contribution in [2.75, 3.05) is 27.4 Å². The molecule has 5 nitrogen and oxygen atoms in total. The van der Waals surface area contributed by atoms with Crippen molar-refractivity contribution in [2.24, 2.45) is 0 Å². The van der Waals surface area contributed by atoms with Crippen LogP contribution < -0.4 is 14.2 Å². The van der Waals surface area contributed by atoms with Crippen molar-refractivity contribution in [1.29, 1.82) is 0 Å². The third-order valence-corrected chi connectivity index (χ3v) is 5.03. The van der Waals surface area contributed by atoms with E-state index in [2.05, 4.69) is 6.58 Å². The Morgan fingerprint density at radius 2 is 1.93 bits per heavy atom. The Balaban J connectivity index is 1.66. The van der Waals surface area contributed by atoms with Crippen LogP contribution >= 0.6 is 0 Å². The molecule has 1 aliphatic heterocycles. The van der Waals surface area contributed by atoms with Crippen molar-refractivity contribution in [2.45, 2.75) is 25.3 Å². The zero-order valence-corrected chi connectivity index (χ0v) is 16.5. The first-order valence-corrected chi connectivity index (χ1v) is 9.50. The van der Waals surface area contributed by atoms with Gasteiger partial charge in [0.2, 0.25) is 0 Å². The molecule has 0 radical (unpaired) electrons. The summed E-state index contributed by atoms with van der Waals surface area (Å²) in [6.45, 7) is 4.48. The summed E-state index contributed by atoms with van der Waals surface area (Å²) in [7, 11) is 3.25. The number of amides is 1. The van der Waals surface area contributed by atoms with E-state index in [0.717, 1.165) is 42.7 Å². The van der Waals surface area contributed by atoms with Crippen molar-refractivity contribution < 1.29 is 19.0 Å². The molecule has 1 aliphatic rings. The summed E-state index contributed by atoms with van der Waals surface area (Å²) in [6.07, 6.45) is 4.54. The van der Waals surface area contributed by atoms with Crippen molar-refractivity contribution in [3.63, 3.8) is 0 Å². The first-order valence-electron chi connectivity index (χ1n) is 9.50. The fourth-order valence-corrected chi connectivity index (χ4v) is 3.59. The van der Waals surface area contributed by atoms with Gasteiger partial charge in [-0.15, -0.1) is 6.58 Å². The van der Waals surface area contributed by atoms with Gasteiger partial charge in [0, 0.05) is 6.54 Å². The second kappa shape index (κ2) is 9.31. The number of benzene rings is 2. The summed E-state index contributed by atoms with van der Waals surface area (Å²) in [5.41, 5.74) is 2.21. The number of methoxy groups -OCH3 is 2. The van der Waals surface area contributed by atoms with Crippen LogP contribution in [-0.2, 0) is 11.2 Å². The fourth-order valence-electron chi connectivity index (χ4n) is 3.59. The van der Waals surface area contributed by atoms with Crippen LogP contribution in [0.4, 0.5) is 0 Å². The molecular weight excluding hydrogens is 354 g/mol. The maximum absolute atomic E-state index is 12.8. The molecular formula is C23H27NO4. The van der Waals surface area contributed by atoms with Gasteiger partial charge in [-0.1, -0.05) is 24.3 Å². The molecule has 1 saturated heterocycles. The number of ether oxygens (including phenoxy) is 3. The van der Waals surface area contributed by atoms with Gasteiger partial charge < -0.3 is 19.1 Å². The second-order valence-electron chi connectivity index (χ2n) is 6.79. The van der Waals surface area contributed by atoms with Crippen molar-refractivity contribution in [3.05, 3.63) is 66.2 Å². The van der Waals surface area contributed by atoms with Gasteiger partial charge in [-0.05, 0) is 54.7 Å². The maximum atomic E-state index is 12.8. The molecule has 0 spiro atoms. The van der Waals surface area contributed by atoms with Gasteiger partial charge in [0.25, 0.3) is 5.91 Å². The maximum Gasteiger partial charge on any atom is 0.261 e. The van der Waals surface area contributed by atoms with E-state index in [4.69, 9.17) is 14.2 Å². The van der Waals surface area contributed by atoms with Crippen LogP contribution in [0.25, 0.3) is 0 Å². The molecule has 1 unspecified atom stereocenters. The van der Waals surface area contributed by atoms with Gasteiger partial charge in [0.1, 0.15) is 5.75 Å². The number of carbonyl (C=O) groups is 1. The van der Waals surface area contributed by atoms with Gasteiger partial charge in [0.15, 0.2) is 18.1 Å². The summed E-state index contributed by atoms with van der Waals surface area (Å²) >= 11 is 0. The predicted octanol–water partition coefficient (Wildman–Crippen LogP) is 4.17. The van der Waals surface area contributed by atoms with Gasteiger partial charge in [-0.25, -0.2) is 0 Å². The summed E-state index contributed by atoms with van der Waals surface area (Å²) in [6, 6.07) is 13.7. The number of nitrogens with zero attached hydrogens (tertiary/aromatic N) is 1. The van der Waals surface area contributed by atoms with E-state index in [1.807, 2.05) is 53.4 Å². The first-order chi connectivity index (χ1) is 13.7. The molecule has 1 fully saturated rings. The second-order valence-corrected chi connectivity index (χ2v) is 6.79. The SMILES string of the molecule is C=CCc1ccc(OCC(=O)N2CCCC2c2ccc(OC)cc2)c(OC)c1. The van der Waals surface area contributed by atoms with E-state index in [9.17, 15) is 4.79 Å². The Morgan fingerprint density at radius 1 is 1.14 bits per heavy atom. The topological polar surface area (TPSA) is 48.0 Å². The minimum atomic E-state index is -0.0180. The van der Waals surface area contributed by atoms with E-state index in [0.29, 0.717) is 11.5 Å². The van der Waals surface area contributed by atoms with Crippen LogP contribution in [0.3, 0.4) is 0 Å². The molecule has 0 N–H and O–H groups in total. The fraction of sp³-hybridized carbons (Fsp3) is 0.348. The van der Waals surface area contributed by atoms with E-state index in [-0.39, 0.29) is 18.6 Å². The van der Waals surface area contributed by atoms with Crippen LogP contribution in [0.2, 0.25) is 0 Å². The van der Waals surface area contributed by atoms with Crippen molar-refractivity contribution in [3.8, 4) is 17.2 Å². The lowest BCUT2D eigenvalue weighted by atomic mass is 10.0. The van der Waals surface area contributed by atoms with Crippen LogP contribution in [-0.4, -0.2) is 38.2 Å². The van der Waals surface area contributed by atoms with E-state index < -0.39 is 0 Å². The molecule has 28 heavy (non-hydrogen) atoms. The smallest absolute Gasteiger partial charge is 0.261 e. The quantitative estimate of drug-likeness (QED) is 0.644. The highest BCUT2D eigenvalue weighted by atomic mass is 16.5. The molecule has 1 atom stereocenters. The zero-order chi connectivity index (χ0) is 19.9. The predicted molar refractivity (Wildman–Crippen MR) is 109 cm³/mol. The highest BCUT2D eigenvalue weighted by Gasteiger charge is 2.30. The lowest BCUT2D eigenvalue weighted by Gasteiger charge is -2.25. The minimum absolute atomic E-state index is 0.0101. The number of likely N-dealkylation sites (tertiary alicyclic amines) is 1. The minimum Gasteiger partial charge on any atom is -0.497 e.